The molecule has 12 rings (SSSR count). The first-order valence-corrected chi connectivity index (χ1v) is 27.0. The summed E-state index contributed by atoms with van der Waals surface area (Å²) in [6.45, 7) is 33.7. The summed E-state index contributed by atoms with van der Waals surface area (Å²) in [4.78, 5) is 2.61. The second-order valence-corrected chi connectivity index (χ2v) is 26.6. The number of benzene rings is 7. The molecule has 0 amide bonds. The fourth-order valence-corrected chi connectivity index (χ4v) is 13.6. The smallest absolute Gasteiger partial charge is 0.197 e. The van der Waals surface area contributed by atoms with E-state index in [1.807, 2.05) is 0 Å². The van der Waals surface area contributed by atoms with Gasteiger partial charge in [0.05, 0.1) is 5.69 Å². The van der Waals surface area contributed by atoms with Crippen molar-refractivity contribution in [2.45, 2.75) is 168 Å². The van der Waals surface area contributed by atoms with Gasteiger partial charge in [0.15, 0.2) is 12.9 Å². The number of hydrogen-bond donors (Lipinski definition) is 1. The van der Waals surface area contributed by atoms with Crippen molar-refractivity contribution < 1.29 is 4.42 Å². The molecule has 4 aliphatic rings. The van der Waals surface area contributed by atoms with Crippen molar-refractivity contribution in [1.82, 2.24) is 0 Å². The van der Waals surface area contributed by atoms with E-state index >= 15 is 0 Å². The minimum Gasteiger partial charge on any atom is -0.454 e. The van der Waals surface area contributed by atoms with Gasteiger partial charge in [-0.2, -0.15) is 0 Å². The predicted octanol–water partition coefficient (Wildman–Crippen LogP) is 17.8. The van der Waals surface area contributed by atoms with Crippen LogP contribution in [0.5, 0.6) is 0 Å². The summed E-state index contributed by atoms with van der Waals surface area (Å²) in [5, 5.41) is 6.49. The molecule has 0 saturated carbocycles. The van der Waals surface area contributed by atoms with E-state index < -0.39 is 0 Å². The highest BCUT2D eigenvalue weighted by atomic mass is 16.3. The first-order valence-electron chi connectivity index (χ1n) is 27.0. The van der Waals surface area contributed by atoms with Gasteiger partial charge in [0, 0.05) is 39.1 Å². The van der Waals surface area contributed by atoms with E-state index in [0.29, 0.717) is 0 Å². The number of fused-ring (bicyclic) bond motifs is 8. The molecular formula is C68H74BN2O. The third-order valence-corrected chi connectivity index (χ3v) is 18.7. The van der Waals surface area contributed by atoms with Crippen LogP contribution in [0.2, 0.25) is 0 Å². The maximum Gasteiger partial charge on any atom is 0.197 e. The summed E-state index contributed by atoms with van der Waals surface area (Å²) in [7, 11) is 2.46. The van der Waals surface area contributed by atoms with Gasteiger partial charge in [-0.3, -0.25) is 0 Å². The standard InChI is InChI=1S/C68H74BN2O/c1-40-32-48(60-58(33-40)71(57-35-43(20-25-55(57)69-60)42-18-16-15-17-19-42)56-38-53-50(34-41(56)2)64(5,6)28-30-67(53,11)12)45-22-23-46-47-37-52-54(68(13,14)31-29-66(52,9)10)39-59(47)72-62(46)61(45)70-44-21-24-49-51(36-44)65(7,8)27-26-63(49,3)4/h15-25,32-39,70H,26-31H2,1-14H3. The number of nitrogens with one attached hydrogen (secondary N) is 1. The molecule has 365 valence electrons. The van der Waals surface area contributed by atoms with E-state index in [4.69, 9.17) is 4.42 Å². The molecule has 0 spiro atoms. The molecule has 3 aliphatic carbocycles. The quantitative estimate of drug-likeness (QED) is 0.174. The molecule has 0 unspecified atom stereocenters. The normalized spacial score (nSPS) is 19.4. The minimum absolute atomic E-state index is 0.0551. The van der Waals surface area contributed by atoms with Crippen molar-refractivity contribution >= 4 is 68.6 Å². The number of furan rings is 1. The Kier molecular flexibility index (Phi) is 10.3. The summed E-state index contributed by atoms with van der Waals surface area (Å²) in [5.41, 5.74) is 26.5. The van der Waals surface area contributed by atoms with Gasteiger partial charge in [-0.25, -0.2) is 0 Å². The van der Waals surface area contributed by atoms with Crippen LogP contribution in [0.25, 0.3) is 44.2 Å². The van der Waals surface area contributed by atoms with Crippen LogP contribution in [0, 0.1) is 13.8 Å². The van der Waals surface area contributed by atoms with Crippen molar-refractivity contribution in [1.29, 1.82) is 0 Å². The lowest BCUT2D eigenvalue weighted by atomic mass is 9.57. The van der Waals surface area contributed by atoms with E-state index in [1.165, 1.54) is 114 Å². The largest absolute Gasteiger partial charge is 0.454 e. The van der Waals surface area contributed by atoms with Gasteiger partial charge in [-0.15, -0.1) is 0 Å². The number of aryl methyl sites for hydroxylation is 2. The molecule has 0 bridgehead atoms. The van der Waals surface area contributed by atoms with Crippen LogP contribution in [0.15, 0.2) is 120 Å². The van der Waals surface area contributed by atoms with Gasteiger partial charge >= 0.3 is 0 Å². The summed E-state index contributed by atoms with van der Waals surface area (Å²) >= 11 is 0. The average Bonchev–Trinajstić information content (AvgIpc) is 3.71. The highest BCUT2D eigenvalue weighted by Gasteiger charge is 2.41. The Morgan fingerprint density at radius 2 is 1.04 bits per heavy atom. The van der Waals surface area contributed by atoms with Crippen molar-refractivity contribution in [3.8, 4) is 22.3 Å². The number of hydrogen-bond acceptors (Lipinski definition) is 3. The predicted molar refractivity (Wildman–Crippen MR) is 309 cm³/mol. The third-order valence-electron chi connectivity index (χ3n) is 18.7. The summed E-state index contributed by atoms with van der Waals surface area (Å²) in [6.07, 6.45) is 7.02. The molecule has 0 saturated heterocycles. The first-order chi connectivity index (χ1) is 33.9. The Balaban J connectivity index is 1.12. The van der Waals surface area contributed by atoms with Crippen LogP contribution < -0.4 is 21.1 Å². The Hall–Kier alpha value is -6.00. The monoisotopic (exact) mass is 946 g/mol. The molecule has 1 radical (unpaired) electrons. The van der Waals surface area contributed by atoms with Crippen LogP contribution in [0.3, 0.4) is 0 Å². The Morgan fingerprint density at radius 3 is 1.69 bits per heavy atom. The zero-order valence-corrected chi connectivity index (χ0v) is 45.6. The molecule has 4 heteroatoms. The van der Waals surface area contributed by atoms with Crippen molar-refractivity contribution in [3.63, 3.8) is 0 Å². The fourth-order valence-electron chi connectivity index (χ4n) is 13.6. The lowest BCUT2D eigenvalue weighted by Gasteiger charge is -2.44. The number of nitrogens with zero attached hydrogens (tertiary/aromatic N) is 1. The van der Waals surface area contributed by atoms with Crippen LogP contribution in [0.1, 0.15) is 166 Å². The van der Waals surface area contributed by atoms with Crippen LogP contribution in [0.4, 0.5) is 28.4 Å². The molecule has 8 aromatic rings. The highest BCUT2D eigenvalue weighted by Crippen LogP contribution is 2.53. The maximum absolute atomic E-state index is 7.33. The summed E-state index contributed by atoms with van der Waals surface area (Å²) in [5.74, 6) is 0. The zero-order chi connectivity index (χ0) is 50.7. The molecule has 1 aliphatic heterocycles. The van der Waals surface area contributed by atoms with Gasteiger partial charge in [0.25, 0.3) is 0 Å². The highest BCUT2D eigenvalue weighted by molar-refractivity contribution is 6.73. The molecule has 2 heterocycles. The zero-order valence-electron chi connectivity index (χ0n) is 45.6. The number of anilines is 5. The average molecular weight is 946 g/mol. The number of rotatable bonds is 5. The molecule has 3 nitrogen and oxygen atoms in total. The van der Waals surface area contributed by atoms with Crippen molar-refractivity contribution in [2.75, 3.05) is 10.2 Å². The second-order valence-electron chi connectivity index (χ2n) is 26.6. The minimum atomic E-state index is 0.0551. The maximum atomic E-state index is 7.33. The Bertz CT molecular complexity index is 3560. The molecule has 1 aromatic heterocycles. The molecule has 0 atom stereocenters. The van der Waals surface area contributed by atoms with Gasteiger partial charge in [-0.05, 0) is 200 Å². The lowest BCUT2D eigenvalue weighted by Crippen LogP contribution is -2.41. The van der Waals surface area contributed by atoms with Crippen LogP contribution in [-0.2, 0) is 32.5 Å². The van der Waals surface area contributed by atoms with E-state index in [-0.39, 0.29) is 32.5 Å². The van der Waals surface area contributed by atoms with E-state index in [0.717, 1.165) is 52.8 Å². The fraction of sp³-hybridized carbons (Fsp3) is 0.382. The SMILES string of the molecule is Cc1cc(-c2ccc3c(oc4cc5c(cc43)C(C)(C)CCC5(C)C)c2Nc2ccc3c(c2)C(C)(C)CCC3(C)C)c2c(c1)N(c1cc3c(cc1C)C(C)(C)CCC3(C)C)c1cc(-c3ccccc3)ccc1[B]2. The van der Waals surface area contributed by atoms with E-state index in [2.05, 4.69) is 230 Å². The molecule has 72 heavy (non-hydrogen) atoms. The van der Waals surface area contributed by atoms with E-state index in [1.54, 1.807) is 0 Å². The third kappa shape index (κ3) is 7.34. The topological polar surface area (TPSA) is 28.4 Å². The molecule has 0 fully saturated rings. The van der Waals surface area contributed by atoms with E-state index in [9.17, 15) is 0 Å². The summed E-state index contributed by atoms with van der Waals surface area (Å²) in [6, 6.07) is 44.7. The van der Waals surface area contributed by atoms with Crippen LogP contribution in [-0.4, -0.2) is 7.28 Å². The van der Waals surface area contributed by atoms with Crippen molar-refractivity contribution in [2.24, 2.45) is 0 Å². The van der Waals surface area contributed by atoms with Gasteiger partial charge in [0.2, 0.25) is 0 Å². The Labute approximate surface area is 431 Å². The van der Waals surface area contributed by atoms with Crippen molar-refractivity contribution in [3.05, 3.63) is 160 Å². The first kappa shape index (κ1) is 47.0. The second kappa shape index (κ2) is 15.8. The van der Waals surface area contributed by atoms with Gasteiger partial charge < -0.3 is 14.6 Å². The van der Waals surface area contributed by atoms with Gasteiger partial charge in [-0.1, -0.05) is 155 Å². The molecule has 1 N–H and O–H groups in total. The molecular weight excluding hydrogens is 872 g/mol. The summed E-state index contributed by atoms with van der Waals surface area (Å²) < 4.78 is 7.33. The van der Waals surface area contributed by atoms with Gasteiger partial charge in [0.1, 0.15) is 5.58 Å². The lowest BCUT2D eigenvalue weighted by molar-refractivity contribution is 0.332. The molecule has 7 aromatic carbocycles. The Morgan fingerprint density at radius 1 is 0.458 bits per heavy atom. The van der Waals surface area contributed by atoms with Crippen LogP contribution >= 0.6 is 0 Å².